The third kappa shape index (κ3) is 6.13. The SMILES string of the molecule is Cc1cccc(OC(C)C(=O)Nc2ccc(S(=O)(=O)Nc3ccc(Cl)cc3Cl)cc2)c1. The van der Waals surface area contributed by atoms with Crippen molar-refractivity contribution in [1.29, 1.82) is 0 Å². The second-order valence-corrected chi connectivity index (χ2v) is 9.35. The summed E-state index contributed by atoms with van der Waals surface area (Å²) in [6.45, 7) is 3.57. The molecule has 3 aromatic carbocycles. The molecule has 3 aromatic rings. The second kappa shape index (κ2) is 9.60. The van der Waals surface area contributed by atoms with Gasteiger partial charge in [0.05, 0.1) is 15.6 Å². The molecule has 0 spiro atoms. The molecule has 2 N–H and O–H groups in total. The van der Waals surface area contributed by atoms with Crippen LogP contribution in [0.3, 0.4) is 0 Å². The summed E-state index contributed by atoms with van der Waals surface area (Å²) >= 11 is 11.9. The van der Waals surface area contributed by atoms with E-state index in [-0.39, 0.29) is 21.5 Å². The number of amides is 1. The molecule has 31 heavy (non-hydrogen) atoms. The van der Waals surface area contributed by atoms with Crippen LogP contribution in [0.5, 0.6) is 5.75 Å². The Hall–Kier alpha value is -2.74. The van der Waals surface area contributed by atoms with E-state index in [2.05, 4.69) is 10.0 Å². The van der Waals surface area contributed by atoms with Gasteiger partial charge in [-0.25, -0.2) is 8.42 Å². The first-order valence-electron chi connectivity index (χ1n) is 9.26. The van der Waals surface area contributed by atoms with E-state index in [1.807, 2.05) is 25.1 Å². The van der Waals surface area contributed by atoms with Crippen LogP contribution in [0.25, 0.3) is 0 Å². The fraction of sp³-hybridized carbons (Fsp3) is 0.136. The lowest BCUT2D eigenvalue weighted by Gasteiger charge is -2.15. The highest BCUT2D eigenvalue weighted by molar-refractivity contribution is 7.92. The Bertz CT molecular complexity index is 1200. The molecule has 0 aliphatic heterocycles. The first-order valence-corrected chi connectivity index (χ1v) is 11.5. The lowest BCUT2D eigenvalue weighted by atomic mass is 10.2. The molecule has 0 radical (unpaired) electrons. The number of benzene rings is 3. The predicted molar refractivity (Wildman–Crippen MR) is 124 cm³/mol. The van der Waals surface area contributed by atoms with Crippen LogP contribution in [0.1, 0.15) is 12.5 Å². The summed E-state index contributed by atoms with van der Waals surface area (Å²) in [5.74, 6) is 0.235. The number of hydrogen-bond donors (Lipinski definition) is 2. The monoisotopic (exact) mass is 478 g/mol. The third-order valence-corrected chi connectivity index (χ3v) is 6.21. The highest BCUT2D eigenvalue weighted by Crippen LogP contribution is 2.28. The highest BCUT2D eigenvalue weighted by atomic mass is 35.5. The Morgan fingerprint density at radius 3 is 2.35 bits per heavy atom. The number of nitrogens with one attached hydrogen (secondary N) is 2. The maximum absolute atomic E-state index is 12.6. The van der Waals surface area contributed by atoms with Crippen molar-refractivity contribution < 1.29 is 17.9 Å². The van der Waals surface area contributed by atoms with Crippen LogP contribution in [0.15, 0.2) is 71.6 Å². The van der Waals surface area contributed by atoms with Gasteiger partial charge < -0.3 is 10.1 Å². The van der Waals surface area contributed by atoms with E-state index >= 15 is 0 Å². The molecule has 1 unspecified atom stereocenters. The molecular weight excluding hydrogens is 459 g/mol. The number of ether oxygens (including phenoxy) is 1. The van der Waals surface area contributed by atoms with Gasteiger partial charge in [0.2, 0.25) is 0 Å². The minimum Gasteiger partial charge on any atom is -0.481 e. The van der Waals surface area contributed by atoms with Crippen LogP contribution in [0, 0.1) is 6.92 Å². The van der Waals surface area contributed by atoms with Gasteiger partial charge in [-0.2, -0.15) is 0 Å². The van der Waals surface area contributed by atoms with Gasteiger partial charge in [0.15, 0.2) is 6.10 Å². The van der Waals surface area contributed by atoms with Crippen LogP contribution < -0.4 is 14.8 Å². The topological polar surface area (TPSA) is 84.5 Å². The molecule has 1 amide bonds. The molecule has 0 saturated carbocycles. The molecule has 9 heteroatoms. The maximum atomic E-state index is 12.6. The number of rotatable bonds is 7. The van der Waals surface area contributed by atoms with Gasteiger partial charge in [0.25, 0.3) is 15.9 Å². The quantitative estimate of drug-likeness (QED) is 0.468. The van der Waals surface area contributed by atoms with Gasteiger partial charge in [-0.05, 0) is 74.0 Å². The zero-order valence-corrected chi connectivity index (χ0v) is 19.1. The smallest absolute Gasteiger partial charge is 0.265 e. The van der Waals surface area contributed by atoms with E-state index < -0.39 is 16.1 Å². The number of hydrogen-bond acceptors (Lipinski definition) is 4. The van der Waals surface area contributed by atoms with Crippen LogP contribution in [0.4, 0.5) is 11.4 Å². The Morgan fingerprint density at radius 2 is 1.71 bits per heavy atom. The second-order valence-electron chi connectivity index (χ2n) is 6.82. The van der Waals surface area contributed by atoms with Crippen LogP contribution >= 0.6 is 23.2 Å². The largest absolute Gasteiger partial charge is 0.481 e. The van der Waals surface area contributed by atoms with Crippen molar-refractivity contribution >= 4 is 50.5 Å². The van der Waals surface area contributed by atoms with E-state index in [1.54, 1.807) is 13.0 Å². The first kappa shape index (κ1) is 22.9. The van der Waals surface area contributed by atoms with Gasteiger partial charge in [0.1, 0.15) is 5.75 Å². The van der Waals surface area contributed by atoms with Gasteiger partial charge in [-0.3, -0.25) is 9.52 Å². The molecule has 0 aliphatic carbocycles. The van der Waals surface area contributed by atoms with Crippen molar-refractivity contribution in [2.24, 2.45) is 0 Å². The maximum Gasteiger partial charge on any atom is 0.265 e. The van der Waals surface area contributed by atoms with Gasteiger partial charge >= 0.3 is 0 Å². The first-order chi connectivity index (χ1) is 14.6. The van der Waals surface area contributed by atoms with Crippen molar-refractivity contribution in [3.8, 4) is 5.75 Å². The summed E-state index contributed by atoms with van der Waals surface area (Å²) < 4.78 is 33.3. The summed E-state index contributed by atoms with van der Waals surface area (Å²) in [7, 11) is -3.87. The predicted octanol–water partition coefficient (Wildman–Crippen LogP) is 5.51. The summed E-state index contributed by atoms with van der Waals surface area (Å²) in [5, 5.41) is 3.29. The number of carbonyl (C=O) groups excluding carboxylic acids is 1. The van der Waals surface area contributed by atoms with E-state index in [9.17, 15) is 13.2 Å². The van der Waals surface area contributed by atoms with E-state index in [4.69, 9.17) is 27.9 Å². The van der Waals surface area contributed by atoms with Gasteiger partial charge in [0, 0.05) is 10.7 Å². The third-order valence-electron chi connectivity index (χ3n) is 4.28. The normalized spacial score (nSPS) is 12.1. The molecule has 6 nitrogen and oxygen atoms in total. The van der Waals surface area contributed by atoms with E-state index in [0.717, 1.165) is 5.56 Å². The average molecular weight is 479 g/mol. The zero-order valence-electron chi connectivity index (χ0n) is 16.7. The number of anilines is 2. The van der Waals surface area contributed by atoms with Crippen LogP contribution in [-0.4, -0.2) is 20.4 Å². The average Bonchev–Trinajstić information content (AvgIpc) is 2.70. The standard InChI is InChI=1S/C22H20Cl2N2O4S/c1-14-4-3-5-18(12-14)30-15(2)22(27)25-17-7-9-19(10-8-17)31(28,29)26-21-11-6-16(23)13-20(21)24/h3-13,15,26H,1-2H3,(H,25,27). The molecule has 0 fully saturated rings. The van der Waals surface area contributed by atoms with Gasteiger partial charge in [-0.1, -0.05) is 35.3 Å². The summed E-state index contributed by atoms with van der Waals surface area (Å²) in [5.41, 5.74) is 1.68. The molecule has 3 rings (SSSR count). The van der Waals surface area contributed by atoms with Crippen LogP contribution in [-0.2, 0) is 14.8 Å². The zero-order chi connectivity index (χ0) is 22.6. The number of carbonyl (C=O) groups is 1. The molecule has 0 aromatic heterocycles. The lowest BCUT2D eigenvalue weighted by Crippen LogP contribution is -2.30. The summed E-state index contributed by atoms with van der Waals surface area (Å²) in [4.78, 5) is 12.4. The van der Waals surface area contributed by atoms with Crippen molar-refractivity contribution in [1.82, 2.24) is 0 Å². The number of halogens is 2. The molecule has 1 atom stereocenters. The summed E-state index contributed by atoms with van der Waals surface area (Å²) in [6.07, 6.45) is -0.737. The number of aryl methyl sites for hydroxylation is 1. The minimum absolute atomic E-state index is 0.0144. The van der Waals surface area contributed by atoms with E-state index in [0.29, 0.717) is 16.5 Å². The van der Waals surface area contributed by atoms with Crippen molar-refractivity contribution in [3.05, 3.63) is 82.3 Å². The molecule has 162 valence electrons. The van der Waals surface area contributed by atoms with Crippen molar-refractivity contribution in [2.75, 3.05) is 10.0 Å². The summed E-state index contributed by atoms with van der Waals surface area (Å²) in [6, 6.07) is 17.6. The minimum atomic E-state index is -3.87. The van der Waals surface area contributed by atoms with Crippen molar-refractivity contribution in [3.63, 3.8) is 0 Å². The lowest BCUT2D eigenvalue weighted by molar-refractivity contribution is -0.122. The van der Waals surface area contributed by atoms with Crippen LogP contribution in [0.2, 0.25) is 10.0 Å². The molecule has 0 heterocycles. The molecule has 0 saturated heterocycles. The Labute approximate surface area is 191 Å². The fourth-order valence-electron chi connectivity index (χ4n) is 2.68. The van der Waals surface area contributed by atoms with Gasteiger partial charge in [-0.15, -0.1) is 0 Å². The highest BCUT2D eigenvalue weighted by Gasteiger charge is 2.18. The molecule has 0 bridgehead atoms. The fourth-order valence-corrected chi connectivity index (χ4v) is 4.28. The molecular formula is C22H20Cl2N2O4S. The van der Waals surface area contributed by atoms with Crippen molar-refractivity contribution in [2.45, 2.75) is 24.8 Å². The Balaban J connectivity index is 1.65. The Kier molecular flexibility index (Phi) is 7.10. The molecule has 0 aliphatic rings. The Morgan fingerprint density at radius 1 is 1.00 bits per heavy atom. The number of sulfonamides is 1. The van der Waals surface area contributed by atoms with E-state index in [1.165, 1.54) is 42.5 Å².